The Kier molecular flexibility index (Phi) is 6.34. The van der Waals surface area contributed by atoms with Gasteiger partial charge in [0.05, 0.1) is 12.1 Å². The molecule has 0 aliphatic heterocycles. The first-order chi connectivity index (χ1) is 11.3. The number of aromatic nitrogens is 1. The van der Waals surface area contributed by atoms with E-state index in [1.165, 1.54) is 17.8 Å². The van der Waals surface area contributed by atoms with Crippen molar-refractivity contribution in [3.8, 4) is 0 Å². The molecule has 1 aliphatic carbocycles. The topological polar surface area (TPSA) is 97.1 Å². The average Bonchev–Trinajstić information content (AvgIpc) is 2.93. The van der Waals surface area contributed by atoms with Crippen LogP contribution in [-0.4, -0.2) is 29.4 Å². The maximum absolute atomic E-state index is 12.3. The van der Waals surface area contributed by atoms with Crippen molar-refractivity contribution >= 4 is 28.3 Å². The summed E-state index contributed by atoms with van der Waals surface area (Å²) in [6.45, 7) is 6.16. The summed E-state index contributed by atoms with van der Waals surface area (Å²) in [6.07, 6.45) is 4.65. The van der Waals surface area contributed by atoms with Crippen LogP contribution < -0.4 is 16.4 Å². The molecule has 0 saturated heterocycles. The molecule has 2 atom stereocenters. The van der Waals surface area contributed by atoms with Gasteiger partial charge in [0.15, 0.2) is 5.13 Å². The molecule has 0 radical (unpaired) electrons. The zero-order valence-electron chi connectivity index (χ0n) is 14.7. The van der Waals surface area contributed by atoms with Crippen molar-refractivity contribution in [1.82, 2.24) is 10.3 Å². The number of thiazole rings is 1. The van der Waals surface area contributed by atoms with Crippen molar-refractivity contribution in [3.63, 3.8) is 0 Å². The van der Waals surface area contributed by atoms with Crippen LogP contribution in [0.2, 0.25) is 0 Å². The molecule has 2 amide bonds. The van der Waals surface area contributed by atoms with Gasteiger partial charge in [0.25, 0.3) is 0 Å². The SMILES string of the molecule is CC(C)(C)C(=O)Nc1nc(CC(=O)NC2CCCCC2CN)cs1. The fourth-order valence-corrected chi connectivity index (χ4v) is 3.54. The molecular weight excluding hydrogens is 324 g/mol. The first-order valence-corrected chi connectivity index (χ1v) is 9.43. The molecule has 6 nitrogen and oxygen atoms in total. The minimum atomic E-state index is -0.471. The third kappa shape index (κ3) is 5.27. The van der Waals surface area contributed by atoms with E-state index >= 15 is 0 Å². The Bertz CT molecular complexity index is 579. The van der Waals surface area contributed by atoms with Crippen molar-refractivity contribution in [2.45, 2.75) is 58.9 Å². The van der Waals surface area contributed by atoms with Gasteiger partial charge < -0.3 is 16.4 Å². The van der Waals surface area contributed by atoms with Crippen LogP contribution in [0.4, 0.5) is 5.13 Å². The van der Waals surface area contributed by atoms with E-state index < -0.39 is 5.41 Å². The molecule has 4 N–H and O–H groups in total. The number of carbonyl (C=O) groups is 2. The van der Waals surface area contributed by atoms with Crippen LogP contribution in [0.3, 0.4) is 0 Å². The van der Waals surface area contributed by atoms with Crippen molar-refractivity contribution in [2.75, 3.05) is 11.9 Å². The average molecular weight is 353 g/mol. The summed E-state index contributed by atoms with van der Waals surface area (Å²) >= 11 is 1.34. The molecule has 1 heterocycles. The van der Waals surface area contributed by atoms with Gasteiger partial charge in [-0.3, -0.25) is 9.59 Å². The van der Waals surface area contributed by atoms with Crippen molar-refractivity contribution in [2.24, 2.45) is 17.1 Å². The Balaban J connectivity index is 1.87. The summed E-state index contributed by atoms with van der Waals surface area (Å²) in [4.78, 5) is 28.6. The predicted octanol–water partition coefficient (Wildman–Crippen LogP) is 2.30. The number of anilines is 1. The van der Waals surface area contributed by atoms with Crippen molar-refractivity contribution < 1.29 is 9.59 Å². The van der Waals surface area contributed by atoms with Gasteiger partial charge in [-0.05, 0) is 25.3 Å². The van der Waals surface area contributed by atoms with Crippen LogP contribution in [0, 0.1) is 11.3 Å². The lowest BCUT2D eigenvalue weighted by Crippen LogP contribution is -2.45. The Morgan fingerprint density at radius 3 is 2.71 bits per heavy atom. The molecule has 24 heavy (non-hydrogen) atoms. The normalized spacial score (nSPS) is 21.3. The van der Waals surface area contributed by atoms with Crippen LogP contribution in [0.1, 0.15) is 52.1 Å². The van der Waals surface area contributed by atoms with E-state index in [0.29, 0.717) is 23.3 Å². The molecule has 7 heteroatoms. The molecule has 1 fully saturated rings. The Hall–Kier alpha value is -1.47. The van der Waals surface area contributed by atoms with Crippen molar-refractivity contribution in [1.29, 1.82) is 0 Å². The molecule has 1 aliphatic rings. The number of hydrogen-bond donors (Lipinski definition) is 3. The fourth-order valence-electron chi connectivity index (χ4n) is 2.83. The lowest BCUT2D eigenvalue weighted by atomic mass is 9.84. The van der Waals surface area contributed by atoms with Gasteiger partial charge in [0.1, 0.15) is 0 Å². The highest BCUT2D eigenvalue weighted by molar-refractivity contribution is 7.13. The maximum atomic E-state index is 12.3. The molecule has 2 unspecified atom stereocenters. The Morgan fingerprint density at radius 1 is 1.33 bits per heavy atom. The minimum absolute atomic E-state index is 0.0284. The van der Waals surface area contributed by atoms with Crippen molar-refractivity contribution in [3.05, 3.63) is 11.1 Å². The number of rotatable bonds is 5. The molecule has 0 aromatic carbocycles. The van der Waals surface area contributed by atoms with Gasteiger partial charge in [-0.1, -0.05) is 33.6 Å². The summed E-state index contributed by atoms with van der Waals surface area (Å²) in [7, 11) is 0. The second-order valence-corrected chi connectivity index (χ2v) is 8.34. The summed E-state index contributed by atoms with van der Waals surface area (Å²) in [5.74, 6) is 0.264. The van der Waals surface area contributed by atoms with E-state index in [2.05, 4.69) is 15.6 Å². The van der Waals surface area contributed by atoms with E-state index in [1.54, 1.807) is 0 Å². The van der Waals surface area contributed by atoms with E-state index in [0.717, 1.165) is 19.3 Å². The van der Waals surface area contributed by atoms with Gasteiger partial charge in [-0.2, -0.15) is 0 Å². The molecule has 134 valence electrons. The number of nitrogens with two attached hydrogens (primary N) is 1. The second-order valence-electron chi connectivity index (χ2n) is 7.48. The van der Waals surface area contributed by atoms with Crippen LogP contribution in [0.15, 0.2) is 5.38 Å². The monoisotopic (exact) mass is 352 g/mol. The largest absolute Gasteiger partial charge is 0.353 e. The molecular formula is C17H28N4O2S. The summed E-state index contributed by atoms with van der Waals surface area (Å²) in [5, 5.41) is 8.25. The number of hydrogen-bond acceptors (Lipinski definition) is 5. The molecule has 2 rings (SSSR count). The van der Waals surface area contributed by atoms with Gasteiger partial charge in [0, 0.05) is 16.8 Å². The predicted molar refractivity (Wildman–Crippen MR) is 96.8 cm³/mol. The Labute approximate surface area is 147 Å². The second kappa shape index (κ2) is 8.07. The lowest BCUT2D eigenvalue weighted by molar-refractivity contribution is -0.123. The summed E-state index contributed by atoms with van der Waals surface area (Å²) < 4.78 is 0. The third-order valence-corrected chi connectivity index (χ3v) is 5.16. The minimum Gasteiger partial charge on any atom is -0.353 e. The number of carbonyl (C=O) groups excluding carboxylic acids is 2. The number of nitrogens with one attached hydrogen (secondary N) is 2. The molecule has 1 aromatic heterocycles. The summed E-state index contributed by atoms with van der Waals surface area (Å²) in [6, 6.07) is 0.176. The molecule has 1 aromatic rings. The molecule has 0 bridgehead atoms. The van der Waals surface area contributed by atoms with Crippen LogP contribution in [-0.2, 0) is 16.0 Å². The lowest BCUT2D eigenvalue weighted by Gasteiger charge is -2.31. The standard InChI is InChI=1S/C17H28N4O2S/c1-17(2,3)15(23)21-16-19-12(10-24-16)8-14(22)20-13-7-5-4-6-11(13)9-18/h10-11,13H,4-9,18H2,1-3H3,(H,20,22)(H,19,21,23). The smallest absolute Gasteiger partial charge is 0.231 e. The maximum Gasteiger partial charge on any atom is 0.231 e. The molecule has 0 spiro atoms. The first-order valence-electron chi connectivity index (χ1n) is 8.55. The highest BCUT2D eigenvalue weighted by Gasteiger charge is 2.26. The summed E-state index contributed by atoms with van der Waals surface area (Å²) in [5.41, 5.74) is 6.02. The van der Waals surface area contributed by atoms with Crippen LogP contribution in [0.5, 0.6) is 0 Å². The first kappa shape index (κ1) is 18.9. The zero-order valence-corrected chi connectivity index (χ0v) is 15.5. The highest BCUT2D eigenvalue weighted by atomic mass is 32.1. The number of nitrogens with zero attached hydrogens (tertiary/aromatic N) is 1. The third-order valence-electron chi connectivity index (χ3n) is 4.35. The zero-order chi connectivity index (χ0) is 17.7. The van der Waals surface area contributed by atoms with Gasteiger partial charge >= 0.3 is 0 Å². The van der Waals surface area contributed by atoms with Gasteiger partial charge in [-0.15, -0.1) is 11.3 Å². The van der Waals surface area contributed by atoms with E-state index in [1.807, 2.05) is 26.2 Å². The number of amides is 2. The van der Waals surface area contributed by atoms with Crippen LogP contribution in [0.25, 0.3) is 0 Å². The van der Waals surface area contributed by atoms with E-state index in [4.69, 9.17) is 5.73 Å². The highest BCUT2D eigenvalue weighted by Crippen LogP contribution is 2.24. The van der Waals surface area contributed by atoms with E-state index in [-0.39, 0.29) is 24.3 Å². The van der Waals surface area contributed by atoms with Gasteiger partial charge in [0.2, 0.25) is 11.8 Å². The fraction of sp³-hybridized carbons (Fsp3) is 0.706. The molecule has 1 saturated carbocycles. The van der Waals surface area contributed by atoms with Gasteiger partial charge in [-0.25, -0.2) is 4.98 Å². The Morgan fingerprint density at radius 2 is 2.04 bits per heavy atom. The quantitative estimate of drug-likeness (QED) is 0.757. The van der Waals surface area contributed by atoms with E-state index in [9.17, 15) is 9.59 Å². The van der Waals surface area contributed by atoms with Crippen LogP contribution >= 0.6 is 11.3 Å².